The molecule has 8 heteroatoms. The number of carbonyl (C=O) groups excluding carboxylic acids is 2. The second-order valence-electron chi connectivity index (χ2n) is 14.3. The maximum Gasteiger partial charge on any atom is 1.00 e. The molecule has 266 valence electrons. The van der Waals surface area contributed by atoms with Crippen LogP contribution in [0.5, 0.6) is 11.5 Å². The fourth-order valence-corrected chi connectivity index (χ4v) is 7.75. The number of unbranched alkanes of at least 4 members (excludes halogenated alkanes) is 2. The number of alkyl halides is 1. The number of carboxylic acid groups (broad SMARTS) is 1. The summed E-state index contributed by atoms with van der Waals surface area (Å²) in [5.41, 5.74) is 5.36. The minimum absolute atomic E-state index is 0. The molecule has 0 bridgehead atoms. The third-order valence-electron chi connectivity index (χ3n) is 10.5. The Hall–Kier alpha value is -1.09. The first kappa shape index (κ1) is 42.3. The van der Waals surface area contributed by atoms with Gasteiger partial charge in [0.05, 0.1) is 23.9 Å². The molecule has 0 aromatic heterocycles. The Kier molecular flexibility index (Phi) is 18.0. The average molecular weight is 721 g/mol. The third-order valence-corrected chi connectivity index (χ3v) is 10.9. The van der Waals surface area contributed by atoms with Crippen molar-refractivity contribution in [1.82, 2.24) is 0 Å². The van der Waals surface area contributed by atoms with Gasteiger partial charge >= 0.3 is 57.4 Å². The Balaban J connectivity index is 0.00000650. The number of halogens is 1. The molecule has 0 saturated heterocycles. The van der Waals surface area contributed by atoms with Crippen molar-refractivity contribution in [2.45, 2.75) is 154 Å². The molecule has 4 rings (SSSR count). The van der Waals surface area contributed by atoms with Gasteiger partial charge in [-0.1, -0.05) is 91.3 Å². The van der Waals surface area contributed by atoms with Gasteiger partial charge in [0, 0.05) is 18.4 Å². The van der Waals surface area contributed by atoms with Gasteiger partial charge in [0.1, 0.15) is 17.6 Å². The smallest absolute Gasteiger partial charge is 0.549 e. The van der Waals surface area contributed by atoms with Crippen LogP contribution in [0.4, 0.5) is 0 Å². The topological polar surface area (TPSA) is 84.9 Å². The molecule has 0 spiro atoms. The van der Waals surface area contributed by atoms with Gasteiger partial charge in [-0.3, -0.25) is 4.79 Å². The first-order chi connectivity index (χ1) is 23.1. The molecule has 1 aliphatic heterocycles. The van der Waals surface area contributed by atoms with Crippen molar-refractivity contribution in [3.05, 3.63) is 58.1 Å². The Morgan fingerprint density at radius 1 is 0.959 bits per heavy atom. The van der Waals surface area contributed by atoms with Crippen LogP contribution in [-0.2, 0) is 46.4 Å². The van der Waals surface area contributed by atoms with Gasteiger partial charge in [-0.25, -0.2) is 0 Å². The van der Waals surface area contributed by atoms with Crippen molar-refractivity contribution >= 4 is 23.5 Å². The molecular weight excluding hydrogens is 663 g/mol. The van der Waals surface area contributed by atoms with Gasteiger partial charge in [-0.2, -0.15) is 0 Å². The monoisotopic (exact) mass is 720 g/mol. The molecule has 0 amide bonds. The van der Waals surface area contributed by atoms with E-state index in [2.05, 4.69) is 40.7 Å². The summed E-state index contributed by atoms with van der Waals surface area (Å²) < 4.78 is 20.3. The summed E-state index contributed by atoms with van der Waals surface area (Å²) in [6.07, 6.45) is 14.6. The van der Waals surface area contributed by atoms with E-state index in [0.29, 0.717) is 25.2 Å². The maximum atomic E-state index is 13.8. The molecule has 3 unspecified atom stereocenters. The fourth-order valence-electron chi connectivity index (χ4n) is 7.57. The van der Waals surface area contributed by atoms with Gasteiger partial charge in [-0.15, -0.1) is 11.6 Å². The number of rotatable bonds is 18. The third kappa shape index (κ3) is 11.2. The summed E-state index contributed by atoms with van der Waals surface area (Å²) in [5.74, 6) is 0.365. The number of benzene rings is 2. The number of ether oxygens (including phenoxy) is 3. The zero-order valence-electron chi connectivity index (χ0n) is 31.0. The number of aryl methyl sites for hydroxylation is 2. The number of hydrogen-bond donors (Lipinski definition) is 0. The van der Waals surface area contributed by atoms with E-state index < -0.39 is 23.1 Å². The molecule has 1 fully saturated rings. The van der Waals surface area contributed by atoms with Crippen LogP contribution in [0, 0.1) is 11.8 Å². The Labute approximate surface area is 343 Å². The number of fused-ring (bicyclic) bond motifs is 1. The van der Waals surface area contributed by atoms with Gasteiger partial charge in [-0.05, 0) is 91.7 Å². The predicted molar refractivity (Wildman–Crippen MR) is 191 cm³/mol. The van der Waals surface area contributed by atoms with Crippen molar-refractivity contribution in [1.29, 1.82) is 0 Å². The molecule has 1 heterocycles. The van der Waals surface area contributed by atoms with Crippen molar-refractivity contribution in [2.24, 2.45) is 11.8 Å². The quantitative estimate of drug-likeness (QED) is 0.115. The molecule has 2 aromatic carbocycles. The largest absolute Gasteiger partial charge is 1.00 e. The van der Waals surface area contributed by atoms with Crippen LogP contribution in [0.15, 0.2) is 30.3 Å². The van der Waals surface area contributed by atoms with Crippen molar-refractivity contribution in [3.63, 3.8) is 0 Å². The Bertz CT molecular complexity index is 1340. The van der Waals surface area contributed by atoms with Crippen LogP contribution in [0.3, 0.4) is 0 Å². The number of esters is 1. The van der Waals surface area contributed by atoms with Gasteiger partial charge < -0.3 is 24.1 Å². The van der Waals surface area contributed by atoms with E-state index in [1.807, 2.05) is 24.3 Å². The van der Waals surface area contributed by atoms with Crippen LogP contribution in [0.25, 0.3) is 0 Å². The molecule has 0 radical (unpaired) electrons. The zero-order valence-corrected chi connectivity index (χ0v) is 34.9. The molecule has 1 aliphatic carbocycles. The zero-order chi connectivity index (χ0) is 34.7. The standard InChI is InChI=1S/C41H59ClO6.K/c1-6-9-15-31-26-32(16-10-7-2)35-27-37(47-40(45)30-17-12-11-13-18-30)41(28(4)5,48-38(35)34(31)14-8-3)23-24-46-33-21-19-29(20-22-33)25-36(42)39(43)44;/h19-22,26,28,30,36-37H,6-18,23-25,27H2,1-5H3,(H,43,44);/q;+1/p-1. The minimum atomic E-state index is -1.28. The van der Waals surface area contributed by atoms with Gasteiger partial charge in [0.2, 0.25) is 0 Å². The predicted octanol–water partition coefficient (Wildman–Crippen LogP) is 5.52. The number of carboxylic acids is 1. The summed E-state index contributed by atoms with van der Waals surface area (Å²) in [7, 11) is 0. The van der Waals surface area contributed by atoms with E-state index in [-0.39, 0.29) is 75.6 Å². The van der Waals surface area contributed by atoms with Crippen molar-refractivity contribution in [3.8, 4) is 11.5 Å². The van der Waals surface area contributed by atoms with E-state index in [4.69, 9.17) is 25.8 Å². The van der Waals surface area contributed by atoms with E-state index in [1.54, 1.807) is 0 Å². The summed E-state index contributed by atoms with van der Waals surface area (Å²) in [6.45, 7) is 11.5. The summed E-state index contributed by atoms with van der Waals surface area (Å²) in [5, 5.41) is 10.0. The summed E-state index contributed by atoms with van der Waals surface area (Å²) >= 11 is 5.90. The Morgan fingerprint density at radius 3 is 2.20 bits per heavy atom. The van der Waals surface area contributed by atoms with Crippen LogP contribution in [-0.4, -0.2) is 35.6 Å². The normalized spacial score (nSPS) is 19.8. The Morgan fingerprint density at radius 2 is 1.61 bits per heavy atom. The van der Waals surface area contributed by atoms with Crippen LogP contribution < -0.4 is 66.0 Å². The SMILES string of the molecule is CCCCc1cc(CCCC)c2c(c1CCC)OC(CCOc1ccc(CC(Cl)C(=O)[O-])cc1)(C(C)C)C(OC(=O)C1CCCCC1)C2.[K+]. The van der Waals surface area contributed by atoms with Crippen molar-refractivity contribution < 1.29 is 80.3 Å². The molecule has 49 heavy (non-hydrogen) atoms. The van der Waals surface area contributed by atoms with E-state index >= 15 is 0 Å². The first-order valence-electron chi connectivity index (χ1n) is 18.8. The molecular formula is C41H58ClKO6. The van der Waals surface area contributed by atoms with E-state index in [1.165, 1.54) is 28.7 Å². The molecule has 2 aromatic rings. The molecule has 6 nitrogen and oxygen atoms in total. The molecule has 1 saturated carbocycles. The fraction of sp³-hybridized carbons (Fsp3) is 0.659. The van der Waals surface area contributed by atoms with E-state index in [9.17, 15) is 14.7 Å². The van der Waals surface area contributed by atoms with Gasteiger partial charge in [0.15, 0.2) is 5.60 Å². The van der Waals surface area contributed by atoms with Crippen LogP contribution in [0.1, 0.15) is 133 Å². The maximum absolute atomic E-state index is 13.8. The van der Waals surface area contributed by atoms with Crippen molar-refractivity contribution in [2.75, 3.05) is 6.61 Å². The van der Waals surface area contributed by atoms with E-state index in [0.717, 1.165) is 88.4 Å². The number of aliphatic carboxylic acids is 1. The average Bonchev–Trinajstić information content (AvgIpc) is 3.08. The minimum Gasteiger partial charge on any atom is -0.549 e. The van der Waals surface area contributed by atoms with Crippen LogP contribution in [0.2, 0.25) is 0 Å². The molecule has 3 atom stereocenters. The summed E-state index contributed by atoms with van der Waals surface area (Å²) in [4.78, 5) is 24.9. The number of carbonyl (C=O) groups is 2. The van der Waals surface area contributed by atoms with Crippen LogP contribution >= 0.6 is 11.6 Å². The first-order valence-corrected chi connectivity index (χ1v) is 19.2. The second-order valence-corrected chi connectivity index (χ2v) is 14.9. The summed E-state index contributed by atoms with van der Waals surface area (Å²) in [6, 6.07) is 9.80. The number of hydrogen-bond acceptors (Lipinski definition) is 6. The molecule has 0 N–H and O–H groups in total. The second kappa shape index (κ2) is 20.8. The molecule has 2 aliphatic rings. The van der Waals surface area contributed by atoms with Gasteiger partial charge in [0.25, 0.3) is 0 Å².